The molecule has 1 fully saturated rings. The van der Waals surface area contributed by atoms with E-state index in [0.717, 1.165) is 25.3 Å². The molecule has 1 aromatic carbocycles. The maximum absolute atomic E-state index is 13.0. The molecule has 0 aliphatic heterocycles. The first kappa shape index (κ1) is 21.5. The van der Waals surface area contributed by atoms with E-state index >= 15 is 0 Å². The number of nitrogens with two attached hydrogens (primary N) is 1. The van der Waals surface area contributed by atoms with Gasteiger partial charge in [0.2, 0.25) is 10.0 Å². The minimum atomic E-state index is -4.38. The Bertz CT molecular complexity index is 775. The number of nitrogens with zero attached hydrogens (tertiary/aromatic N) is 1. The van der Waals surface area contributed by atoms with Crippen LogP contribution in [-0.4, -0.2) is 39.8 Å². The molecule has 27 heavy (non-hydrogen) atoms. The molecular weight excluding hydrogens is 381 g/mol. The molecule has 1 aliphatic carbocycles. The van der Waals surface area contributed by atoms with Crippen LogP contribution in [0.4, 0.5) is 13.2 Å². The molecule has 0 saturated heterocycles. The predicted molar refractivity (Wildman–Crippen MR) is 98.9 cm³/mol. The summed E-state index contributed by atoms with van der Waals surface area (Å²) in [6.07, 6.45) is -1.93. The second-order valence-corrected chi connectivity index (χ2v) is 8.44. The molecule has 1 aromatic rings. The van der Waals surface area contributed by atoms with E-state index in [-0.39, 0.29) is 12.3 Å². The highest BCUT2D eigenvalue weighted by Crippen LogP contribution is 2.45. The second kappa shape index (κ2) is 8.47. The summed E-state index contributed by atoms with van der Waals surface area (Å²) < 4.78 is 61.1. The number of sulfonamides is 1. The highest BCUT2D eigenvalue weighted by molar-refractivity contribution is 7.89. The number of benzene rings is 1. The fourth-order valence-electron chi connectivity index (χ4n) is 3.05. The van der Waals surface area contributed by atoms with Crippen molar-refractivity contribution in [2.45, 2.75) is 37.8 Å². The number of nitrogens with one attached hydrogen (secondary N) is 2. The Labute approximate surface area is 157 Å². The van der Waals surface area contributed by atoms with E-state index in [1.165, 1.54) is 12.1 Å². The highest BCUT2D eigenvalue weighted by atomic mass is 32.2. The lowest BCUT2D eigenvalue weighted by Crippen LogP contribution is -2.43. The minimum absolute atomic E-state index is 0.0984. The fraction of sp³-hybridized carbons (Fsp3) is 0.588. The SMILES string of the molecule is CCNC(=NCC1(c2cccc(C(F)(F)F)c2)CCC1)NCCS(N)(=O)=O. The first-order valence-corrected chi connectivity index (χ1v) is 10.5. The molecule has 0 bridgehead atoms. The van der Waals surface area contributed by atoms with Gasteiger partial charge >= 0.3 is 6.18 Å². The summed E-state index contributed by atoms with van der Waals surface area (Å²) in [5.41, 5.74) is -0.454. The summed E-state index contributed by atoms with van der Waals surface area (Å²) in [5.74, 6) is 0.176. The summed E-state index contributed by atoms with van der Waals surface area (Å²) in [5, 5.41) is 10.9. The molecule has 0 atom stereocenters. The first-order chi connectivity index (χ1) is 12.6. The van der Waals surface area contributed by atoms with E-state index in [9.17, 15) is 21.6 Å². The molecule has 0 radical (unpaired) electrons. The number of hydrogen-bond acceptors (Lipinski definition) is 3. The normalized spacial score (nSPS) is 17.3. The zero-order valence-corrected chi connectivity index (χ0v) is 16.0. The maximum atomic E-state index is 13.0. The van der Waals surface area contributed by atoms with E-state index in [2.05, 4.69) is 15.6 Å². The van der Waals surface area contributed by atoms with Gasteiger partial charge in [0.15, 0.2) is 5.96 Å². The van der Waals surface area contributed by atoms with Crippen LogP contribution >= 0.6 is 0 Å². The Balaban J connectivity index is 2.14. The van der Waals surface area contributed by atoms with Crippen molar-refractivity contribution in [3.8, 4) is 0 Å². The molecular formula is C17H25F3N4O2S. The van der Waals surface area contributed by atoms with Gasteiger partial charge in [0.05, 0.1) is 17.9 Å². The molecule has 152 valence electrons. The van der Waals surface area contributed by atoms with Crippen molar-refractivity contribution < 1.29 is 21.6 Å². The number of primary sulfonamides is 1. The quantitative estimate of drug-likeness (QED) is 0.476. The van der Waals surface area contributed by atoms with Crippen LogP contribution in [0.25, 0.3) is 0 Å². The molecule has 0 spiro atoms. The Kier molecular flexibility index (Phi) is 6.74. The van der Waals surface area contributed by atoms with Gasteiger partial charge in [-0.2, -0.15) is 13.2 Å². The number of alkyl halides is 3. The first-order valence-electron chi connectivity index (χ1n) is 8.76. The van der Waals surface area contributed by atoms with Gasteiger partial charge in [-0.05, 0) is 31.4 Å². The summed E-state index contributed by atoms with van der Waals surface area (Å²) in [6.45, 7) is 2.85. The molecule has 4 N–H and O–H groups in total. The van der Waals surface area contributed by atoms with Gasteiger partial charge in [0.1, 0.15) is 0 Å². The van der Waals surface area contributed by atoms with E-state index in [4.69, 9.17) is 5.14 Å². The lowest BCUT2D eigenvalue weighted by molar-refractivity contribution is -0.137. The van der Waals surface area contributed by atoms with Crippen molar-refractivity contribution in [3.05, 3.63) is 35.4 Å². The van der Waals surface area contributed by atoms with Gasteiger partial charge < -0.3 is 10.6 Å². The van der Waals surface area contributed by atoms with E-state index in [1.54, 1.807) is 6.07 Å². The average molecular weight is 406 g/mol. The van der Waals surface area contributed by atoms with Gasteiger partial charge in [-0.3, -0.25) is 4.99 Å². The Morgan fingerprint density at radius 3 is 2.52 bits per heavy atom. The van der Waals surface area contributed by atoms with Crippen molar-refractivity contribution in [1.82, 2.24) is 10.6 Å². The molecule has 1 saturated carbocycles. The minimum Gasteiger partial charge on any atom is -0.357 e. The lowest BCUT2D eigenvalue weighted by Gasteiger charge is -2.41. The molecule has 0 aromatic heterocycles. The van der Waals surface area contributed by atoms with Crippen LogP contribution in [0.5, 0.6) is 0 Å². The van der Waals surface area contributed by atoms with Crippen LogP contribution in [0.2, 0.25) is 0 Å². The monoisotopic (exact) mass is 406 g/mol. The van der Waals surface area contributed by atoms with E-state index in [0.29, 0.717) is 24.6 Å². The molecule has 10 heteroatoms. The summed E-state index contributed by atoms with van der Waals surface area (Å²) in [6, 6.07) is 5.41. The molecule has 2 rings (SSSR count). The van der Waals surface area contributed by atoms with Gasteiger partial charge in [-0.1, -0.05) is 24.6 Å². The average Bonchev–Trinajstić information content (AvgIpc) is 2.52. The number of hydrogen-bond donors (Lipinski definition) is 3. The summed E-state index contributed by atoms with van der Waals surface area (Å²) in [7, 11) is -3.59. The van der Waals surface area contributed by atoms with Gasteiger partial charge in [0, 0.05) is 18.5 Å². The number of guanidine groups is 1. The van der Waals surface area contributed by atoms with Crippen LogP contribution in [0.3, 0.4) is 0 Å². The summed E-state index contributed by atoms with van der Waals surface area (Å²) >= 11 is 0. The third-order valence-electron chi connectivity index (χ3n) is 4.68. The standard InChI is InChI=1S/C17H25F3N4O2S/c1-2-22-15(23-9-10-27(21,25)26)24-12-16(7-4-8-16)13-5-3-6-14(11-13)17(18,19)20/h3,5-6,11H,2,4,7-10,12H2,1H3,(H2,21,25,26)(H2,22,23,24). The van der Waals surface area contributed by atoms with Crippen LogP contribution < -0.4 is 15.8 Å². The number of rotatable bonds is 7. The Morgan fingerprint density at radius 1 is 1.30 bits per heavy atom. The van der Waals surface area contributed by atoms with Crippen molar-refractivity contribution in [2.75, 3.05) is 25.4 Å². The zero-order valence-electron chi connectivity index (χ0n) is 15.1. The third-order valence-corrected chi connectivity index (χ3v) is 5.45. The molecule has 0 heterocycles. The molecule has 0 unspecified atom stereocenters. The van der Waals surface area contributed by atoms with Gasteiger partial charge in [-0.25, -0.2) is 13.6 Å². The zero-order chi connectivity index (χ0) is 20.1. The Hall–Kier alpha value is -1.81. The highest BCUT2D eigenvalue weighted by Gasteiger charge is 2.40. The van der Waals surface area contributed by atoms with Crippen molar-refractivity contribution in [2.24, 2.45) is 10.1 Å². The van der Waals surface area contributed by atoms with Gasteiger partial charge in [0.25, 0.3) is 0 Å². The lowest BCUT2D eigenvalue weighted by atomic mass is 9.64. The maximum Gasteiger partial charge on any atom is 0.416 e. The van der Waals surface area contributed by atoms with E-state index < -0.39 is 27.2 Å². The fourth-order valence-corrected chi connectivity index (χ4v) is 3.44. The molecule has 0 amide bonds. The largest absolute Gasteiger partial charge is 0.416 e. The number of aliphatic imine (C=N–C) groups is 1. The van der Waals surface area contributed by atoms with Crippen LogP contribution in [0, 0.1) is 0 Å². The van der Waals surface area contributed by atoms with Crippen molar-refractivity contribution in [1.29, 1.82) is 0 Å². The van der Waals surface area contributed by atoms with Crippen LogP contribution in [-0.2, 0) is 21.6 Å². The topological polar surface area (TPSA) is 96.6 Å². The predicted octanol–water partition coefficient (Wildman–Crippen LogP) is 1.97. The number of halogens is 3. The van der Waals surface area contributed by atoms with Crippen LogP contribution in [0.15, 0.2) is 29.3 Å². The van der Waals surface area contributed by atoms with Gasteiger partial charge in [-0.15, -0.1) is 0 Å². The third kappa shape index (κ3) is 6.10. The smallest absolute Gasteiger partial charge is 0.357 e. The second-order valence-electron chi connectivity index (χ2n) is 6.70. The van der Waals surface area contributed by atoms with Crippen molar-refractivity contribution in [3.63, 3.8) is 0 Å². The Morgan fingerprint density at radius 2 is 2.00 bits per heavy atom. The van der Waals surface area contributed by atoms with Crippen LogP contribution in [0.1, 0.15) is 37.3 Å². The molecule has 1 aliphatic rings. The summed E-state index contributed by atoms with van der Waals surface area (Å²) in [4.78, 5) is 4.47. The molecule has 6 nitrogen and oxygen atoms in total. The van der Waals surface area contributed by atoms with Crippen molar-refractivity contribution >= 4 is 16.0 Å². The van der Waals surface area contributed by atoms with E-state index in [1.807, 2.05) is 6.92 Å².